The summed E-state index contributed by atoms with van der Waals surface area (Å²) in [5.41, 5.74) is 2.98. The fraction of sp³-hybridized carbons (Fsp3) is 0.222. The Hall–Kier alpha value is -2.60. The number of carbonyl (C=O) groups excluding carboxylic acids is 1. The molecule has 0 saturated carbocycles. The average molecular weight is 339 g/mol. The van der Waals surface area contributed by atoms with Crippen LogP contribution in [0.25, 0.3) is 10.2 Å². The second-order valence-electron chi connectivity index (χ2n) is 5.71. The van der Waals surface area contributed by atoms with E-state index in [-0.39, 0.29) is 12.1 Å². The van der Waals surface area contributed by atoms with Crippen molar-refractivity contribution in [3.8, 4) is 0 Å². The third-order valence-corrected chi connectivity index (χ3v) is 5.04. The van der Waals surface area contributed by atoms with Gasteiger partial charge in [0.1, 0.15) is 6.61 Å². The first-order valence-corrected chi connectivity index (χ1v) is 8.69. The lowest BCUT2D eigenvalue weighted by molar-refractivity contribution is 0.181. The van der Waals surface area contributed by atoms with Gasteiger partial charge in [0.2, 0.25) is 0 Å². The molecule has 0 bridgehead atoms. The minimum Gasteiger partial charge on any atom is -0.447 e. The molecule has 0 aliphatic carbocycles. The van der Waals surface area contributed by atoms with E-state index < -0.39 is 0 Å². The van der Waals surface area contributed by atoms with Crippen molar-refractivity contribution in [3.63, 3.8) is 0 Å². The van der Waals surface area contributed by atoms with E-state index in [0.29, 0.717) is 13.2 Å². The standard InChI is InChI=1S/C18H17N3O2S/c1-12(19-17-20-15-7-2-3-8-16(15)24-17)13-5-4-6-14(11-13)21-9-10-23-18(21)22/h2-8,11-12H,9-10H2,1H3,(H,19,20). The number of rotatable bonds is 4. The molecule has 0 spiro atoms. The highest BCUT2D eigenvalue weighted by Crippen LogP contribution is 2.30. The van der Waals surface area contributed by atoms with Crippen LogP contribution in [-0.2, 0) is 4.74 Å². The van der Waals surface area contributed by atoms with E-state index in [2.05, 4.69) is 29.4 Å². The smallest absolute Gasteiger partial charge is 0.414 e. The van der Waals surface area contributed by atoms with Gasteiger partial charge in [-0.3, -0.25) is 4.90 Å². The van der Waals surface area contributed by atoms with E-state index in [1.54, 1.807) is 16.2 Å². The van der Waals surface area contributed by atoms with Crippen LogP contribution in [0.3, 0.4) is 0 Å². The Morgan fingerprint density at radius 3 is 2.92 bits per heavy atom. The number of nitrogens with one attached hydrogen (secondary N) is 1. The number of ether oxygens (including phenoxy) is 1. The summed E-state index contributed by atoms with van der Waals surface area (Å²) >= 11 is 1.64. The number of thiazole rings is 1. The molecule has 1 unspecified atom stereocenters. The highest BCUT2D eigenvalue weighted by Gasteiger charge is 2.24. The molecule has 5 nitrogen and oxygen atoms in total. The number of amides is 1. The summed E-state index contributed by atoms with van der Waals surface area (Å²) in [6, 6.07) is 16.2. The molecule has 1 fully saturated rings. The third-order valence-electron chi connectivity index (χ3n) is 4.08. The quantitative estimate of drug-likeness (QED) is 0.764. The molecule has 24 heavy (non-hydrogen) atoms. The summed E-state index contributed by atoms with van der Waals surface area (Å²) in [6.07, 6.45) is -0.279. The van der Waals surface area contributed by atoms with Gasteiger partial charge in [-0.2, -0.15) is 0 Å². The Kier molecular flexibility index (Phi) is 3.82. The van der Waals surface area contributed by atoms with Gasteiger partial charge in [-0.25, -0.2) is 9.78 Å². The maximum absolute atomic E-state index is 11.7. The van der Waals surface area contributed by atoms with Gasteiger partial charge in [-0.1, -0.05) is 35.6 Å². The molecule has 0 radical (unpaired) electrons. The predicted octanol–water partition coefficient (Wildman–Crippen LogP) is 4.43. The molecular formula is C18H17N3O2S. The van der Waals surface area contributed by atoms with Gasteiger partial charge in [-0.15, -0.1) is 0 Å². The van der Waals surface area contributed by atoms with Crippen LogP contribution in [0.2, 0.25) is 0 Å². The molecule has 2 heterocycles. The molecule has 1 atom stereocenters. The molecule has 1 N–H and O–H groups in total. The van der Waals surface area contributed by atoms with E-state index in [4.69, 9.17) is 4.74 Å². The summed E-state index contributed by atoms with van der Waals surface area (Å²) in [5, 5.41) is 4.35. The van der Waals surface area contributed by atoms with Crippen LogP contribution in [-0.4, -0.2) is 24.2 Å². The Bertz CT molecular complexity index is 860. The molecule has 3 aromatic rings. The number of cyclic esters (lactones) is 1. The highest BCUT2D eigenvalue weighted by atomic mass is 32.1. The maximum Gasteiger partial charge on any atom is 0.414 e. The van der Waals surface area contributed by atoms with Crippen molar-refractivity contribution in [2.24, 2.45) is 0 Å². The fourth-order valence-electron chi connectivity index (χ4n) is 2.79. The second kappa shape index (κ2) is 6.13. The Balaban J connectivity index is 1.55. The molecule has 1 saturated heterocycles. The topological polar surface area (TPSA) is 54.5 Å². The monoisotopic (exact) mass is 339 g/mol. The van der Waals surface area contributed by atoms with E-state index in [9.17, 15) is 4.79 Å². The van der Waals surface area contributed by atoms with Crippen molar-refractivity contribution in [1.82, 2.24) is 4.98 Å². The molecule has 1 aromatic heterocycles. The number of hydrogen-bond acceptors (Lipinski definition) is 5. The minimum absolute atomic E-state index is 0.0872. The Morgan fingerprint density at radius 1 is 1.25 bits per heavy atom. The highest BCUT2D eigenvalue weighted by molar-refractivity contribution is 7.22. The van der Waals surface area contributed by atoms with Gasteiger partial charge in [0, 0.05) is 5.69 Å². The normalized spacial score (nSPS) is 15.5. The summed E-state index contributed by atoms with van der Waals surface area (Å²) in [4.78, 5) is 18.0. The van der Waals surface area contributed by atoms with Gasteiger partial charge in [0.05, 0.1) is 22.8 Å². The number of aromatic nitrogens is 1. The van der Waals surface area contributed by atoms with Gasteiger partial charge in [-0.05, 0) is 36.8 Å². The first-order valence-electron chi connectivity index (χ1n) is 7.87. The van der Waals surface area contributed by atoms with E-state index >= 15 is 0 Å². The van der Waals surface area contributed by atoms with Crippen LogP contribution < -0.4 is 10.2 Å². The molecule has 122 valence electrons. The van der Waals surface area contributed by atoms with Crippen molar-refractivity contribution in [3.05, 3.63) is 54.1 Å². The van der Waals surface area contributed by atoms with Crippen LogP contribution in [0.4, 0.5) is 15.6 Å². The molecule has 1 aliphatic rings. The minimum atomic E-state index is -0.279. The molecule has 4 rings (SSSR count). The van der Waals surface area contributed by atoms with Gasteiger partial charge >= 0.3 is 6.09 Å². The van der Waals surface area contributed by atoms with Crippen LogP contribution in [0, 0.1) is 0 Å². The zero-order chi connectivity index (χ0) is 16.5. The van der Waals surface area contributed by atoms with Crippen molar-refractivity contribution in [1.29, 1.82) is 0 Å². The lowest BCUT2D eigenvalue weighted by Crippen LogP contribution is -2.23. The van der Waals surface area contributed by atoms with Gasteiger partial charge in [0.15, 0.2) is 5.13 Å². The molecule has 1 aliphatic heterocycles. The maximum atomic E-state index is 11.7. The predicted molar refractivity (Wildman–Crippen MR) is 96.8 cm³/mol. The van der Waals surface area contributed by atoms with E-state index in [1.165, 1.54) is 4.70 Å². The van der Waals surface area contributed by atoms with Crippen molar-refractivity contribution >= 4 is 38.5 Å². The van der Waals surface area contributed by atoms with E-state index in [0.717, 1.165) is 21.9 Å². The summed E-state index contributed by atoms with van der Waals surface area (Å²) in [5.74, 6) is 0. The van der Waals surface area contributed by atoms with Crippen LogP contribution in [0.1, 0.15) is 18.5 Å². The summed E-state index contributed by atoms with van der Waals surface area (Å²) < 4.78 is 6.18. The summed E-state index contributed by atoms with van der Waals surface area (Å²) in [7, 11) is 0. The molecule has 6 heteroatoms. The number of hydrogen-bond donors (Lipinski definition) is 1. The van der Waals surface area contributed by atoms with Crippen LogP contribution in [0.15, 0.2) is 48.5 Å². The lowest BCUT2D eigenvalue weighted by Gasteiger charge is -2.17. The molecular weight excluding hydrogens is 322 g/mol. The van der Waals surface area contributed by atoms with Gasteiger partial charge < -0.3 is 10.1 Å². The summed E-state index contributed by atoms with van der Waals surface area (Å²) in [6.45, 7) is 3.14. The Labute approximate surface area is 143 Å². The van der Waals surface area contributed by atoms with Crippen LogP contribution >= 0.6 is 11.3 Å². The number of para-hydroxylation sites is 1. The fourth-order valence-corrected chi connectivity index (χ4v) is 3.75. The zero-order valence-electron chi connectivity index (χ0n) is 13.2. The molecule has 1 amide bonds. The van der Waals surface area contributed by atoms with Crippen LogP contribution in [0.5, 0.6) is 0 Å². The largest absolute Gasteiger partial charge is 0.447 e. The second-order valence-corrected chi connectivity index (χ2v) is 6.74. The lowest BCUT2D eigenvalue weighted by atomic mass is 10.1. The SMILES string of the molecule is CC(Nc1nc2ccccc2s1)c1cccc(N2CCOC2=O)c1. The number of anilines is 2. The number of nitrogens with zero attached hydrogens (tertiary/aromatic N) is 2. The van der Waals surface area contributed by atoms with Crippen molar-refractivity contribution in [2.75, 3.05) is 23.4 Å². The van der Waals surface area contributed by atoms with Crippen molar-refractivity contribution < 1.29 is 9.53 Å². The average Bonchev–Trinajstić information content (AvgIpc) is 3.20. The third kappa shape index (κ3) is 2.80. The number of fused-ring (bicyclic) bond motifs is 1. The number of benzene rings is 2. The Morgan fingerprint density at radius 2 is 2.12 bits per heavy atom. The zero-order valence-corrected chi connectivity index (χ0v) is 14.0. The first-order chi connectivity index (χ1) is 11.7. The number of carbonyl (C=O) groups is 1. The van der Waals surface area contributed by atoms with Crippen molar-refractivity contribution in [2.45, 2.75) is 13.0 Å². The van der Waals surface area contributed by atoms with Gasteiger partial charge in [0.25, 0.3) is 0 Å². The van der Waals surface area contributed by atoms with E-state index in [1.807, 2.05) is 36.4 Å². The molecule has 2 aromatic carbocycles. The first kappa shape index (κ1) is 15.0.